The molecule has 1 N–H and O–H groups in total. The quantitative estimate of drug-likeness (QED) is 0.784. The standard InChI is InChI=1S/C12H14BrNS/c13-11-4-1-3-10-9(11)5-6-12(10)14-7-2-8-15-12/h1,3-4,14H,2,5-8H2. The van der Waals surface area contributed by atoms with Gasteiger partial charge < -0.3 is 0 Å². The first kappa shape index (κ1) is 10.2. The van der Waals surface area contributed by atoms with E-state index in [1.165, 1.54) is 47.2 Å². The highest BCUT2D eigenvalue weighted by molar-refractivity contribution is 9.10. The highest BCUT2D eigenvalue weighted by Gasteiger charge is 2.40. The molecule has 1 heterocycles. The van der Waals surface area contributed by atoms with Gasteiger partial charge in [-0.2, -0.15) is 0 Å². The Bertz CT molecular complexity index is 385. The number of fused-ring (bicyclic) bond motifs is 2. The minimum atomic E-state index is 0.233. The SMILES string of the molecule is Brc1cccc2c1CCC21NCCCS1. The fourth-order valence-electron chi connectivity index (χ4n) is 2.62. The van der Waals surface area contributed by atoms with Crippen LogP contribution >= 0.6 is 27.7 Å². The average molecular weight is 284 g/mol. The predicted octanol–water partition coefficient (Wildman–Crippen LogP) is 3.27. The first-order chi connectivity index (χ1) is 7.32. The molecule has 80 valence electrons. The van der Waals surface area contributed by atoms with Crippen LogP contribution in [0.5, 0.6) is 0 Å². The molecule has 15 heavy (non-hydrogen) atoms. The van der Waals surface area contributed by atoms with Gasteiger partial charge in [0, 0.05) is 4.47 Å². The van der Waals surface area contributed by atoms with Crippen molar-refractivity contribution in [2.75, 3.05) is 12.3 Å². The van der Waals surface area contributed by atoms with Gasteiger partial charge in [0.1, 0.15) is 0 Å². The van der Waals surface area contributed by atoms with E-state index in [4.69, 9.17) is 0 Å². The third-order valence-electron chi connectivity index (χ3n) is 3.36. The predicted molar refractivity (Wildman–Crippen MR) is 69.2 cm³/mol. The summed E-state index contributed by atoms with van der Waals surface area (Å²) in [6.45, 7) is 1.17. The van der Waals surface area contributed by atoms with Crippen LogP contribution in [0.3, 0.4) is 0 Å². The van der Waals surface area contributed by atoms with E-state index in [0.717, 1.165) is 0 Å². The Morgan fingerprint density at radius 2 is 2.33 bits per heavy atom. The van der Waals surface area contributed by atoms with Crippen molar-refractivity contribution in [1.29, 1.82) is 0 Å². The molecule has 0 saturated carbocycles. The van der Waals surface area contributed by atoms with Crippen molar-refractivity contribution in [3.8, 4) is 0 Å². The molecule has 1 aromatic carbocycles. The number of hydrogen-bond acceptors (Lipinski definition) is 2. The highest BCUT2D eigenvalue weighted by atomic mass is 79.9. The monoisotopic (exact) mass is 283 g/mol. The Balaban J connectivity index is 2.06. The van der Waals surface area contributed by atoms with Crippen molar-refractivity contribution >= 4 is 27.7 Å². The Morgan fingerprint density at radius 3 is 3.13 bits per heavy atom. The maximum absolute atomic E-state index is 3.72. The summed E-state index contributed by atoms with van der Waals surface area (Å²) < 4.78 is 1.28. The van der Waals surface area contributed by atoms with Gasteiger partial charge in [0.15, 0.2) is 0 Å². The summed E-state index contributed by atoms with van der Waals surface area (Å²) in [7, 11) is 0. The van der Waals surface area contributed by atoms with Crippen LogP contribution in [0.2, 0.25) is 0 Å². The lowest BCUT2D eigenvalue weighted by atomic mass is 10.1. The number of rotatable bonds is 0. The molecule has 0 amide bonds. The summed E-state index contributed by atoms with van der Waals surface area (Å²) in [4.78, 5) is 0.233. The van der Waals surface area contributed by atoms with Crippen LogP contribution in [0.4, 0.5) is 0 Å². The van der Waals surface area contributed by atoms with E-state index in [1.807, 2.05) is 0 Å². The largest absolute Gasteiger partial charge is 0.299 e. The second kappa shape index (κ2) is 3.79. The van der Waals surface area contributed by atoms with Gasteiger partial charge in [-0.15, -0.1) is 11.8 Å². The van der Waals surface area contributed by atoms with Gasteiger partial charge in [-0.05, 0) is 48.8 Å². The first-order valence-electron chi connectivity index (χ1n) is 5.49. The van der Waals surface area contributed by atoms with E-state index in [9.17, 15) is 0 Å². The molecule has 1 unspecified atom stereocenters. The third kappa shape index (κ3) is 1.56. The second-order valence-corrected chi connectivity index (χ2v) is 6.47. The van der Waals surface area contributed by atoms with Crippen LogP contribution < -0.4 is 5.32 Å². The molecule has 1 nitrogen and oxygen atoms in total. The number of benzene rings is 1. The number of nitrogens with one attached hydrogen (secondary N) is 1. The van der Waals surface area contributed by atoms with E-state index in [2.05, 4.69) is 51.2 Å². The zero-order chi connectivity index (χ0) is 10.3. The molecule has 1 spiro atoms. The van der Waals surface area contributed by atoms with Gasteiger partial charge in [0.2, 0.25) is 0 Å². The Labute approximate surface area is 103 Å². The number of thioether (sulfide) groups is 1. The highest BCUT2D eigenvalue weighted by Crippen LogP contribution is 2.48. The van der Waals surface area contributed by atoms with E-state index >= 15 is 0 Å². The average Bonchev–Trinajstić information content (AvgIpc) is 2.61. The summed E-state index contributed by atoms with van der Waals surface area (Å²) in [5, 5.41) is 3.72. The maximum Gasteiger partial charge on any atom is 0.0907 e. The normalized spacial score (nSPS) is 29.4. The fourth-order valence-corrected chi connectivity index (χ4v) is 4.62. The van der Waals surface area contributed by atoms with Crippen molar-refractivity contribution in [3.05, 3.63) is 33.8 Å². The lowest BCUT2D eigenvalue weighted by molar-refractivity contribution is 0.466. The smallest absolute Gasteiger partial charge is 0.0907 e. The van der Waals surface area contributed by atoms with Gasteiger partial charge in [-0.25, -0.2) is 0 Å². The minimum absolute atomic E-state index is 0.233. The van der Waals surface area contributed by atoms with Gasteiger partial charge in [0.05, 0.1) is 4.87 Å². The van der Waals surface area contributed by atoms with E-state index < -0.39 is 0 Å². The molecule has 1 aliphatic carbocycles. The second-order valence-electron chi connectivity index (χ2n) is 4.22. The Hall–Kier alpha value is 0.01000. The third-order valence-corrected chi connectivity index (χ3v) is 5.66. The molecule has 2 aliphatic rings. The van der Waals surface area contributed by atoms with Gasteiger partial charge in [-0.1, -0.05) is 28.1 Å². The molecule has 3 heteroatoms. The van der Waals surface area contributed by atoms with Crippen molar-refractivity contribution < 1.29 is 0 Å². The zero-order valence-electron chi connectivity index (χ0n) is 8.55. The maximum atomic E-state index is 3.72. The minimum Gasteiger partial charge on any atom is -0.299 e. The van der Waals surface area contributed by atoms with Crippen LogP contribution in [0.15, 0.2) is 22.7 Å². The van der Waals surface area contributed by atoms with Crippen LogP contribution in [0, 0.1) is 0 Å². The summed E-state index contributed by atoms with van der Waals surface area (Å²) >= 11 is 5.75. The fraction of sp³-hybridized carbons (Fsp3) is 0.500. The first-order valence-corrected chi connectivity index (χ1v) is 7.27. The lowest BCUT2D eigenvalue weighted by Gasteiger charge is -2.35. The number of hydrogen-bond donors (Lipinski definition) is 1. The Kier molecular flexibility index (Phi) is 2.57. The number of halogens is 1. The zero-order valence-corrected chi connectivity index (χ0v) is 11.0. The van der Waals surface area contributed by atoms with E-state index in [-0.39, 0.29) is 4.87 Å². The molecular weight excluding hydrogens is 270 g/mol. The molecule has 0 bridgehead atoms. The van der Waals surface area contributed by atoms with Gasteiger partial charge in [0.25, 0.3) is 0 Å². The molecule has 1 atom stereocenters. The van der Waals surface area contributed by atoms with Gasteiger partial charge >= 0.3 is 0 Å². The molecule has 0 aromatic heterocycles. The van der Waals surface area contributed by atoms with Crippen molar-refractivity contribution in [2.24, 2.45) is 0 Å². The molecule has 1 aromatic rings. The summed E-state index contributed by atoms with van der Waals surface area (Å²) in [5.74, 6) is 1.29. The molecular formula is C12H14BrNS. The van der Waals surface area contributed by atoms with Gasteiger partial charge in [-0.3, -0.25) is 5.32 Å². The summed E-state index contributed by atoms with van der Waals surface area (Å²) in [6, 6.07) is 6.61. The summed E-state index contributed by atoms with van der Waals surface area (Å²) in [6.07, 6.45) is 3.75. The molecule has 1 aliphatic heterocycles. The summed E-state index contributed by atoms with van der Waals surface area (Å²) in [5.41, 5.74) is 3.03. The van der Waals surface area contributed by atoms with Crippen LogP contribution in [-0.4, -0.2) is 12.3 Å². The van der Waals surface area contributed by atoms with Crippen molar-refractivity contribution in [1.82, 2.24) is 5.32 Å². The van der Waals surface area contributed by atoms with Crippen LogP contribution in [-0.2, 0) is 11.3 Å². The molecule has 1 fully saturated rings. The Morgan fingerprint density at radius 1 is 1.40 bits per heavy atom. The van der Waals surface area contributed by atoms with E-state index in [0.29, 0.717) is 0 Å². The molecule has 3 rings (SSSR count). The lowest BCUT2D eigenvalue weighted by Crippen LogP contribution is -2.41. The van der Waals surface area contributed by atoms with Crippen LogP contribution in [0.25, 0.3) is 0 Å². The van der Waals surface area contributed by atoms with E-state index in [1.54, 1.807) is 0 Å². The van der Waals surface area contributed by atoms with Crippen molar-refractivity contribution in [2.45, 2.75) is 24.1 Å². The topological polar surface area (TPSA) is 12.0 Å². The molecule has 1 saturated heterocycles. The molecule has 0 radical (unpaired) electrons. The van der Waals surface area contributed by atoms with Crippen LogP contribution in [0.1, 0.15) is 24.0 Å². The van der Waals surface area contributed by atoms with Crippen molar-refractivity contribution in [3.63, 3.8) is 0 Å².